The van der Waals surface area contributed by atoms with E-state index < -0.39 is 0 Å². The maximum atomic E-state index is 6.20. The summed E-state index contributed by atoms with van der Waals surface area (Å²) in [5.41, 5.74) is 7.93. The van der Waals surface area contributed by atoms with Gasteiger partial charge in [0.15, 0.2) is 0 Å². The van der Waals surface area contributed by atoms with Crippen molar-refractivity contribution in [2.75, 3.05) is 0 Å². The molecule has 0 spiro atoms. The molecule has 2 aliphatic carbocycles. The molecule has 1 aromatic heterocycles. The van der Waals surface area contributed by atoms with Crippen molar-refractivity contribution in [3.8, 4) is 5.69 Å². The minimum absolute atomic E-state index is 0.0611. The first-order chi connectivity index (χ1) is 16.9. The molecule has 0 fully saturated rings. The molecule has 0 saturated heterocycles. The normalized spacial score (nSPS) is 18.2. The summed E-state index contributed by atoms with van der Waals surface area (Å²) in [5.74, 6) is 0.0611. The zero-order chi connectivity index (χ0) is 24.5. The van der Waals surface area contributed by atoms with Crippen molar-refractivity contribution in [1.29, 1.82) is 0 Å². The number of amidine groups is 1. The van der Waals surface area contributed by atoms with E-state index in [1.807, 2.05) is 54.8 Å². The monoisotopic (exact) mass is 517 g/mol. The lowest BCUT2D eigenvalue weighted by atomic mass is 9.84. The third-order valence-corrected chi connectivity index (χ3v) is 6.49. The zero-order valence-electron chi connectivity index (χ0n) is 19.0. The number of fused-ring (bicyclic) bond motifs is 3. The van der Waals surface area contributed by atoms with Crippen LogP contribution in [0.25, 0.3) is 11.8 Å². The van der Waals surface area contributed by atoms with Crippen LogP contribution in [0.3, 0.4) is 0 Å². The molecular formula is C27H21Cl2N5S. The number of hydrogen-bond donors (Lipinski definition) is 1. The summed E-state index contributed by atoms with van der Waals surface area (Å²) in [7, 11) is 0. The minimum atomic E-state index is 0.0611. The van der Waals surface area contributed by atoms with Gasteiger partial charge in [0.25, 0.3) is 0 Å². The Kier molecular flexibility index (Phi) is 6.60. The number of thiol groups is 1. The number of rotatable bonds is 3. The fourth-order valence-corrected chi connectivity index (χ4v) is 4.88. The Hall–Kier alpha value is -3.19. The first-order valence-corrected chi connectivity index (χ1v) is 12.2. The molecule has 35 heavy (non-hydrogen) atoms. The Labute approximate surface area is 219 Å². The maximum absolute atomic E-state index is 6.20. The lowest BCUT2D eigenvalue weighted by Gasteiger charge is -2.22. The van der Waals surface area contributed by atoms with E-state index in [0.717, 1.165) is 45.0 Å². The van der Waals surface area contributed by atoms with Gasteiger partial charge in [-0.2, -0.15) is 5.11 Å². The molecule has 8 heteroatoms. The van der Waals surface area contributed by atoms with E-state index in [-0.39, 0.29) is 5.92 Å². The third kappa shape index (κ3) is 4.96. The molecule has 0 saturated carbocycles. The van der Waals surface area contributed by atoms with Gasteiger partial charge in [-0.3, -0.25) is 4.57 Å². The van der Waals surface area contributed by atoms with Crippen molar-refractivity contribution >= 4 is 52.8 Å². The molecule has 174 valence electrons. The lowest BCUT2D eigenvalue weighted by Crippen LogP contribution is -2.09. The van der Waals surface area contributed by atoms with Crippen molar-refractivity contribution in [3.63, 3.8) is 0 Å². The van der Waals surface area contributed by atoms with Crippen molar-refractivity contribution in [3.05, 3.63) is 117 Å². The molecule has 0 aliphatic heterocycles. The van der Waals surface area contributed by atoms with Gasteiger partial charge in [0.1, 0.15) is 6.33 Å². The van der Waals surface area contributed by atoms with Crippen LogP contribution in [0.15, 0.2) is 99.6 Å². The van der Waals surface area contributed by atoms with Crippen LogP contribution >= 0.6 is 35.8 Å². The first kappa shape index (κ1) is 23.5. The summed E-state index contributed by atoms with van der Waals surface area (Å²) in [4.78, 5) is 9.18. The molecule has 0 radical (unpaired) electrons. The van der Waals surface area contributed by atoms with E-state index >= 15 is 0 Å². The molecule has 0 N–H and O–H groups in total. The Balaban J connectivity index is 1.36. The van der Waals surface area contributed by atoms with Crippen LogP contribution < -0.4 is 0 Å². The number of aliphatic imine (C=N–C) groups is 1. The minimum Gasteiger partial charge on any atom is -0.299 e. The largest absolute Gasteiger partial charge is 0.299 e. The average molecular weight is 518 g/mol. The number of aryl methyl sites for hydroxylation is 2. The molecule has 0 amide bonds. The van der Waals surface area contributed by atoms with Gasteiger partial charge >= 0.3 is 0 Å². The van der Waals surface area contributed by atoms with E-state index in [4.69, 9.17) is 23.2 Å². The maximum Gasteiger partial charge on any atom is 0.206 e. The number of nitrogens with zero attached hydrogens (tertiary/aromatic N) is 5. The molecule has 1 atom stereocenters. The molecule has 5 rings (SSSR count). The van der Waals surface area contributed by atoms with Gasteiger partial charge in [-0.25, -0.2) is 9.98 Å². The summed E-state index contributed by atoms with van der Waals surface area (Å²) in [6.07, 6.45) is 13.9. The van der Waals surface area contributed by atoms with Crippen LogP contribution in [0.1, 0.15) is 28.4 Å². The van der Waals surface area contributed by atoms with E-state index in [2.05, 4.69) is 57.1 Å². The second-order valence-corrected chi connectivity index (χ2v) is 9.60. The van der Waals surface area contributed by atoms with Gasteiger partial charge in [0.05, 0.1) is 29.0 Å². The van der Waals surface area contributed by atoms with Gasteiger partial charge in [0, 0.05) is 16.0 Å². The number of allylic oxidation sites excluding steroid dienone is 6. The number of aromatic nitrogens is 2. The lowest BCUT2D eigenvalue weighted by molar-refractivity contribution is 0.941. The number of para-hydroxylation sites is 1. The van der Waals surface area contributed by atoms with Gasteiger partial charge in [0.2, 0.25) is 5.17 Å². The van der Waals surface area contributed by atoms with Crippen LogP contribution in [0.5, 0.6) is 0 Å². The van der Waals surface area contributed by atoms with Crippen molar-refractivity contribution in [2.45, 2.75) is 19.8 Å². The SMILES string of the molecule is Cc1cccc(C)c1N=C(S)N=NC=C1C=CC2C(=C1)C=Cc1c2ncn1-c1cc(Cl)cc(Cl)c1. The predicted molar refractivity (Wildman–Crippen MR) is 148 cm³/mol. The van der Waals surface area contributed by atoms with Crippen molar-refractivity contribution < 1.29 is 0 Å². The number of benzene rings is 2. The molecule has 3 aromatic rings. The van der Waals surface area contributed by atoms with E-state index in [0.29, 0.717) is 15.2 Å². The standard InChI is InChI=1S/C27H21Cl2N5S/c1-16-4-3-5-17(2)25(16)32-27(35)33-31-14-18-6-8-23-19(10-18)7-9-24-26(23)30-15-34(24)22-12-20(28)11-21(29)13-22/h3-15,23H,1-2H3,(H,32,35). The van der Waals surface area contributed by atoms with Gasteiger partial charge in [-0.05, 0) is 66.5 Å². The highest BCUT2D eigenvalue weighted by Gasteiger charge is 2.26. The van der Waals surface area contributed by atoms with Crippen molar-refractivity contribution in [1.82, 2.24) is 9.55 Å². The molecule has 0 bridgehead atoms. The fourth-order valence-electron chi connectivity index (χ4n) is 4.22. The van der Waals surface area contributed by atoms with Crippen LogP contribution in [-0.4, -0.2) is 14.7 Å². The van der Waals surface area contributed by atoms with Crippen LogP contribution in [0.4, 0.5) is 5.69 Å². The summed E-state index contributed by atoms with van der Waals surface area (Å²) in [6, 6.07) is 11.5. The van der Waals surface area contributed by atoms with Crippen LogP contribution in [-0.2, 0) is 0 Å². The smallest absolute Gasteiger partial charge is 0.206 e. The number of hydrogen-bond acceptors (Lipinski definition) is 3. The Morgan fingerprint density at radius 1 is 1.06 bits per heavy atom. The predicted octanol–water partition coefficient (Wildman–Crippen LogP) is 8.36. The summed E-state index contributed by atoms with van der Waals surface area (Å²) in [5, 5.41) is 9.79. The molecule has 1 heterocycles. The zero-order valence-corrected chi connectivity index (χ0v) is 21.4. The number of imidazole rings is 1. The molecular weight excluding hydrogens is 497 g/mol. The molecule has 2 aliphatic rings. The summed E-state index contributed by atoms with van der Waals surface area (Å²) >= 11 is 16.8. The van der Waals surface area contributed by atoms with Crippen LogP contribution in [0.2, 0.25) is 10.0 Å². The number of azo groups is 1. The second kappa shape index (κ2) is 9.82. The number of halogens is 2. The van der Waals surface area contributed by atoms with Gasteiger partial charge in [-0.15, -0.1) is 17.7 Å². The molecule has 1 unspecified atom stereocenters. The van der Waals surface area contributed by atoms with Crippen molar-refractivity contribution in [2.24, 2.45) is 15.2 Å². The van der Waals surface area contributed by atoms with Crippen LogP contribution in [0, 0.1) is 13.8 Å². The van der Waals surface area contributed by atoms with Gasteiger partial charge < -0.3 is 0 Å². The second-order valence-electron chi connectivity index (χ2n) is 8.32. The summed E-state index contributed by atoms with van der Waals surface area (Å²) < 4.78 is 2.00. The highest BCUT2D eigenvalue weighted by molar-refractivity contribution is 7.96. The van der Waals surface area contributed by atoms with Gasteiger partial charge in [-0.1, -0.05) is 59.6 Å². The van der Waals surface area contributed by atoms with E-state index in [1.54, 1.807) is 18.6 Å². The Morgan fingerprint density at radius 3 is 2.54 bits per heavy atom. The quantitative estimate of drug-likeness (QED) is 0.161. The highest BCUT2D eigenvalue weighted by atomic mass is 35.5. The van der Waals surface area contributed by atoms with E-state index in [9.17, 15) is 0 Å². The average Bonchev–Trinajstić information content (AvgIpc) is 3.25. The molecule has 5 nitrogen and oxygen atoms in total. The first-order valence-electron chi connectivity index (χ1n) is 11.0. The Morgan fingerprint density at radius 2 is 1.80 bits per heavy atom. The fraction of sp³-hybridized carbons (Fsp3) is 0.111. The third-order valence-electron chi connectivity index (χ3n) is 5.87. The van der Waals surface area contributed by atoms with E-state index in [1.165, 1.54) is 0 Å². The topological polar surface area (TPSA) is 54.9 Å². The summed E-state index contributed by atoms with van der Waals surface area (Å²) in [6.45, 7) is 4.02. The highest BCUT2D eigenvalue weighted by Crippen LogP contribution is 2.38. The Bertz CT molecular complexity index is 1470. The molecule has 2 aromatic carbocycles.